The highest BCUT2D eigenvalue weighted by Crippen LogP contribution is 2.28. The van der Waals surface area contributed by atoms with Gasteiger partial charge in [0.1, 0.15) is 5.82 Å². The van der Waals surface area contributed by atoms with E-state index in [4.69, 9.17) is 20.4 Å². The van der Waals surface area contributed by atoms with Gasteiger partial charge in [0.15, 0.2) is 5.76 Å². The third-order valence-electron chi connectivity index (χ3n) is 3.63. The molecule has 1 N–H and O–H groups in total. The Labute approximate surface area is 156 Å². The zero-order valence-corrected chi connectivity index (χ0v) is 14.3. The van der Waals surface area contributed by atoms with Crippen LogP contribution < -0.4 is 5.32 Å². The Morgan fingerprint density at radius 3 is 2.78 bits per heavy atom. The maximum absolute atomic E-state index is 14.1. The first-order chi connectivity index (χ1) is 13.1. The van der Waals surface area contributed by atoms with Crippen LogP contribution >= 0.6 is 11.6 Å². The molecule has 7 nitrogen and oxygen atoms in total. The van der Waals surface area contributed by atoms with Crippen molar-refractivity contribution in [1.82, 2.24) is 15.2 Å². The summed E-state index contributed by atoms with van der Waals surface area (Å²) in [7, 11) is 0. The number of halogens is 2. The van der Waals surface area contributed by atoms with Gasteiger partial charge in [-0.25, -0.2) is 4.39 Å². The lowest BCUT2D eigenvalue weighted by atomic mass is 10.2. The molecule has 0 fully saturated rings. The van der Waals surface area contributed by atoms with Gasteiger partial charge in [0.05, 0.1) is 22.5 Å². The molecule has 1 aromatic carbocycles. The second-order valence-corrected chi connectivity index (χ2v) is 5.80. The molecule has 134 valence electrons. The number of aromatic nitrogens is 3. The number of amides is 1. The predicted molar refractivity (Wildman–Crippen MR) is 94.6 cm³/mol. The van der Waals surface area contributed by atoms with Crippen molar-refractivity contribution >= 4 is 23.2 Å². The maximum Gasteiger partial charge on any atom is 0.283 e. The number of hydrogen-bond donors (Lipinski definition) is 1. The van der Waals surface area contributed by atoms with Crippen LogP contribution in [0.1, 0.15) is 10.4 Å². The molecule has 0 bridgehead atoms. The van der Waals surface area contributed by atoms with Crippen LogP contribution in [0.25, 0.3) is 23.1 Å². The predicted octanol–water partition coefficient (Wildman–Crippen LogP) is 4.44. The van der Waals surface area contributed by atoms with Crippen LogP contribution in [0.2, 0.25) is 5.02 Å². The molecular weight excluding hydrogens is 375 g/mol. The standard InChI is InChI=1S/C18H10ClFN4O3/c19-12-5-6-21-9-11(12)16(25)22-14-8-10(3-4-13(14)20)17-23-24-18(27-17)15-2-1-7-26-15/h1-9H,(H,22,25). The largest absolute Gasteiger partial charge is 0.459 e. The number of carbonyl (C=O) groups is 1. The van der Waals surface area contributed by atoms with Crippen LogP contribution in [0, 0.1) is 5.82 Å². The van der Waals surface area contributed by atoms with Crippen LogP contribution in [-0.2, 0) is 0 Å². The molecule has 0 unspecified atom stereocenters. The highest BCUT2D eigenvalue weighted by Gasteiger charge is 2.16. The van der Waals surface area contributed by atoms with Gasteiger partial charge in [0.25, 0.3) is 11.8 Å². The van der Waals surface area contributed by atoms with Gasteiger partial charge >= 0.3 is 0 Å². The minimum absolute atomic E-state index is 0.0600. The molecule has 0 spiro atoms. The molecule has 3 aromatic heterocycles. The number of carbonyl (C=O) groups excluding carboxylic acids is 1. The maximum atomic E-state index is 14.1. The van der Waals surface area contributed by atoms with E-state index in [1.165, 1.54) is 42.9 Å². The summed E-state index contributed by atoms with van der Waals surface area (Å²) in [6.45, 7) is 0. The monoisotopic (exact) mass is 384 g/mol. The average Bonchev–Trinajstić information content (AvgIpc) is 3.35. The van der Waals surface area contributed by atoms with Crippen molar-refractivity contribution in [3.63, 3.8) is 0 Å². The smallest absolute Gasteiger partial charge is 0.283 e. The normalized spacial score (nSPS) is 10.7. The van der Waals surface area contributed by atoms with Gasteiger partial charge in [0.2, 0.25) is 5.89 Å². The van der Waals surface area contributed by atoms with E-state index < -0.39 is 11.7 Å². The lowest BCUT2D eigenvalue weighted by Crippen LogP contribution is -2.14. The van der Waals surface area contributed by atoms with E-state index in [1.807, 2.05) is 0 Å². The second-order valence-electron chi connectivity index (χ2n) is 5.39. The summed E-state index contributed by atoms with van der Waals surface area (Å²) in [4.78, 5) is 16.2. The van der Waals surface area contributed by atoms with Crippen molar-refractivity contribution in [2.45, 2.75) is 0 Å². The topological polar surface area (TPSA) is 94.1 Å². The summed E-state index contributed by atoms with van der Waals surface area (Å²) in [5.41, 5.74) is 0.492. The summed E-state index contributed by atoms with van der Waals surface area (Å²) in [6.07, 6.45) is 4.23. The Kier molecular flexibility index (Phi) is 4.39. The van der Waals surface area contributed by atoms with Gasteiger partial charge in [-0.05, 0) is 36.4 Å². The molecule has 0 saturated carbocycles. The fourth-order valence-corrected chi connectivity index (χ4v) is 2.52. The fourth-order valence-electron chi connectivity index (χ4n) is 2.33. The van der Waals surface area contributed by atoms with Gasteiger partial charge in [-0.2, -0.15) is 0 Å². The zero-order valence-electron chi connectivity index (χ0n) is 13.5. The number of furan rings is 1. The number of nitrogens with one attached hydrogen (secondary N) is 1. The SMILES string of the molecule is O=C(Nc1cc(-c2nnc(-c3ccco3)o2)ccc1F)c1cnccc1Cl. The molecule has 0 aliphatic carbocycles. The van der Waals surface area contributed by atoms with Crippen LogP contribution in [0.4, 0.5) is 10.1 Å². The van der Waals surface area contributed by atoms with Gasteiger partial charge in [-0.1, -0.05) is 11.6 Å². The molecule has 0 saturated heterocycles. The molecule has 9 heteroatoms. The van der Waals surface area contributed by atoms with Gasteiger partial charge in [0, 0.05) is 18.0 Å². The van der Waals surface area contributed by atoms with E-state index in [0.29, 0.717) is 11.3 Å². The highest BCUT2D eigenvalue weighted by atomic mass is 35.5. The number of rotatable bonds is 4. The Morgan fingerprint density at radius 1 is 1.15 bits per heavy atom. The van der Waals surface area contributed by atoms with Crippen molar-refractivity contribution in [1.29, 1.82) is 0 Å². The Morgan fingerprint density at radius 2 is 2.00 bits per heavy atom. The van der Waals surface area contributed by atoms with E-state index in [0.717, 1.165) is 0 Å². The van der Waals surface area contributed by atoms with E-state index in [1.54, 1.807) is 12.1 Å². The quantitative estimate of drug-likeness (QED) is 0.559. The minimum Gasteiger partial charge on any atom is -0.459 e. The second kappa shape index (κ2) is 7.00. The number of benzene rings is 1. The molecule has 27 heavy (non-hydrogen) atoms. The lowest BCUT2D eigenvalue weighted by Gasteiger charge is -2.08. The van der Waals surface area contributed by atoms with Gasteiger partial charge in [-0.15, -0.1) is 10.2 Å². The number of pyridine rings is 1. The molecule has 1 amide bonds. The molecular formula is C18H10ClFN4O3. The first-order valence-electron chi connectivity index (χ1n) is 7.70. The van der Waals surface area contributed by atoms with E-state index in [-0.39, 0.29) is 28.1 Å². The molecule has 0 atom stereocenters. The molecule has 3 heterocycles. The summed E-state index contributed by atoms with van der Waals surface area (Å²) in [5, 5.41) is 10.5. The van der Waals surface area contributed by atoms with Crippen molar-refractivity contribution in [2.75, 3.05) is 5.32 Å². The zero-order chi connectivity index (χ0) is 18.8. The summed E-state index contributed by atoms with van der Waals surface area (Å²) >= 11 is 5.97. The number of nitrogens with zero attached hydrogens (tertiary/aromatic N) is 3. The highest BCUT2D eigenvalue weighted by molar-refractivity contribution is 6.34. The van der Waals surface area contributed by atoms with Gasteiger partial charge < -0.3 is 14.2 Å². The fraction of sp³-hybridized carbons (Fsp3) is 0. The Balaban J connectivity index is 1.62. The third-order valence-corrected chi connectivity index (χ3v) is 3.96. The van der Waals surface area contributed by atoms with Crippen LogP contribution in [0.3, 0.4) is 0 Å². The molecule has 4 aromatic rings. The van der Waals surface area contributed by atoms with Crippen LogP contribution in [-0.4, -0.2) is 21.1 Å². The van der Waals surface area contributed by atoms with E-state index in [9.17, 15) is 9.18 Å². The third kappa shape index (κ3) is 3.42. The molecule has 0 aliphatic rings. The number of hydrogen-bond acceptors (Lipinski definition) is 6. The molecule has 0 aliphatic heterocycles. The average molecular weight is 385 g/mol. The molecule has 4 rings (SSSR count). The summed E-state index contributed by atoms with van der Waals surface area (Å²) < 4.78 is 24.9. The Bertz CT molecular complexity index is 1110. The molecule has 0 radical (unpaired) electrons. The lowest BCUT2D eigenvalue weighted by molar-refractivity contribution is 0.102. The first-order valence-corrected chi connectivity index (χ1v) is 8.08. The van der Waals surface area contributed by atoms with Crippen molar-refractivity contribution in [3.8, 4) is 23.1 Å². The van der Waals surface area contributed by atoms with E-state index in [2.05, 4.69) is 20.5 Å². The van der Waals surface area contributed by atoms with Crippen molar-refractivity contribution in [3.05, 3.63) is 71.5 Å². The Hall–Kier alpha value is -3.52. The number of anilines is 1. The van der Waals surface area contributed by atoms with Crippen molar-refractivity contribution < 1.29 is 18.0 Å². The summed E-state index contributed by atoms with van der Waals surface area (Å²) in [5.74, 6) is -0.470. The van der Waals surface area contributed by atoms with Crippen molar-refractivity contribution in [2.24, 2.45) is 0 Å². The van der Waals surface area contributed by atoms with Crippen LogP contribution in [0.15, 0.2) is 63.9 Å². The van der Waals surface area contributed by atoms with Gasteiger partial charge in [-0.3, -0.25) is 9.78 Å². The van der Waals surface area contributed by atoms with Crippen LogP contribution in [0.5, 0.6) is 0 Å². The summed E-state index contributed by atoms with van der Waals surface area (Å²) in [6, 6.07) is 8.86. The minimum atomic E-state index is -0.627. The van der Waals surface area contributed by atoms with E-state index >= 15 is 0 Å². The first kappa shape index (κ1) is 16.9.